The highest BCUT2D eigenvalue weighted by Gasteiger charge is 2.30. The molecule has 3 rings (SSSR count). The molecule has 0 aromatic heterocycles. The van der Waals surface area contributed by atoms with Crippen molar-refractivity contribution in [1.82, 2.24) is 4.90 Å². The van der Waals surface area contributed by atoms with Crippen molar-refractivity contribution >= 4 is 22.0 Å². The third-order valence-electron chi connectivity index (χ3n) is 5.26. The molecule has 1 aliphatic carbocycles. The fourth-order valence-electron chi connectivity index (χ4n) is 3.73. The largest absolute Gasteiger partial charge is 0.489 e. The van der Waals surface area contributed by atoms with Gasteiger partial charge in [-0.15, -0.1) is 0 Å². The van der Waals surface area contributed by atoms with E-state index in [1.807, 2.05) is 74.2 Å². The minimum Gasteiger partial charge on any atom is -0.489 e. The first kappa shape index (κ1) is 22.7. The Bertz CT molecular complexity index is 826. The van der Waals surface area contributed by atoms with E-state index in [0.29, 0.717) is 13.2 Å². The lowest BCUT2D eigenvalue weighted by Crippen LogP contribution is -2.43. The molecule has 1 amide bonds. The molecule has 1 saturated carbocycles. The van der Waals surface area contributed by atoms with Crippen LogP contribution in [0.2, 0.25) is 0 Å². The van der Waals surface area contributed by atoms with Crippen LogP contribution in [0.4, 0.5) is 4.79 Å². The van der Waals surface area contributed by atoms with Crippen LogP contribution in [0.3, 0.4) is 0 Å². The second-order valence-corrected chi connectivity index (χ2v) is 9.78. The van der Waals surface area contributed by atoms with E-state index in [1.165, 1.54) is 6.42 Å². The number of nitrogens with zero attached hydrogens (tertiary/aromatic N) is 1. The quantitative estimate of drug-likeness (QED) is 0.448. The van der Waals surface area contributed by atoms with Crippen molar-refractivity contribution in [3.05, 3.63) is 64.1 Å². The maximum absolute atomic E-state index is 13.0. The fraction of sp³-hybridized carbons (Fsp3) is 0.480. The first-order chi connectivity index (χ1) is 14.3. The molecule has 0 atom stereocenters. The fourth-order valence-corrected chi connectivity index (χ4v) is 4.21. The highest BCUT2D eigenvalue weighted by atomic mass is 79.9. The smallest absolute Gasteiger partial charge is 0.410 e. The van der Waals surface area contributed by atoms with Crippen molar-refractivity contribution in [2.24, 2.45) is 0 Å². The Balaban J connectivity index is 1.70. The summed E-state index contributed by atoms with van der Waals surface area (Å²) in [5, 5.41) is 0. The second-order valence-electron chi connectivity index (χ2n) is 8.93. The molecule has 2 aromatic carbocycles. The lowest BCUT2D eigenvalue weighted by atomic mass is 9.94. The zero-order valence-corrected chi connectivity index (χ0v) is 19.8. The van der Waals surface area contributed by atoms with Gasteiger partial charge in [0, 0.05) is 10.5 Å². The van der Waals surface area contributed by atoms with E-state index in [4.69, 9.17) is 9.47 Å². The molecule has 4 nitrogen and oxygen atoms in total. The summed E-state index contributed by atoms with van der Waals surface area (Å²) in [6, 6.07) is 16.3. The van der Waals surface area contributed by atoms with Crippen molar-refractivity contribution in [2.45, 2.75) is 77.7 Å². The number of halogens is 1. The van der Waals surface area contributed by atoms with Gasteiger partial charge in [-0.1, -0.05) is 71.6 Å². The topological polar surface area (TPSA) is 38.8 Å². The second kappa shape index (κ2) is 10.3. The van der Waals surface area contributed by atoms with E-state index < -0.39 is 5.60 Å². The van der Waals surface area contributed by atoms with Crippen molar-refractivity contribution in [3.63, 3.8) is 0 Å². The molecule has 0 saturated heterocycles. The van der Waals surface area contributed by atoms with Gasteiger partial charge in [-0.2, -0.15) is 0 Å². The molecule has 1 fully saturated rings. The van der Waals surface area contributed by atoms with Crippen LogP contribution in [0.15, 0.2) is 53.0 Å². The van der Waals surface area contributed by atoms with Crippen molar-refractivity contribution in [2.75, 3.05) is 0 Å². The minimum atomic E-state index is -0.504. The molecule has 0 unspecified atom stereocenters. The Morgan fingerprint density at radius 2 is 1.77 bits per heavy atom. The standard InChI is InChI=1S/C25H32BrNO3/c1-25(2,3)30-24(28)27(21-12-8-5-9-13-21)17-20-14-15-22(16-23(20)26)29-18-19-10-6-4-7-11-19/h4,6-7,10-11,14-16,21H,5,8-9,12-13,17-18H2,1-3H3. The molecule has 1 aliphatic rings. The van der Waals surface area contributed by atoms with Crippen LogP contribution >= 0.6 is 15.9 Å². The van der Waals surface area contributed by atoms with Gasteiger partial charge < -0.3 is 14.4 Å². The van der Waals surface area contributed by atoms with E-state index in [9.17, 15) is 4.79 Å². The zero-order valence-electron chi connectivity index (χ0n) is 18.2. The Kier molecular flexibility index (Phi) is 7.81. The van der Waals surface area contributed by atoms with Gasteiger partial charge in [0.1, 0.15) is 18.0 Å². The van der Waals surface area contributed by atoms with E-state index in [-0.39, 0.29) is 12.1 Å². The average molecular weight is 474 g/mol. The number of ether oxygens (including phenoxy) is 2. The summed E-state index contributed by atoms with van der Waals surface area (Å²) >= 11 is 3.68. The zero-order chi connectivity index (χ0) is 21.6. The normalized spacial score (nSPS) is 14.9. The average Bonchev–Trinajstić information content (AvgIpc) is 2.71. The van der Waals surface area contributed by atoms with Gasteiger partial charge in [0.2, 0.25) is 0 Å². The predicted molar refractivity (Wildman–Crippen MR) is 124 cm³/mol. The van der Waals surface area contributed by atoms with E-state index in [1.54, 1.807) is 0 Å². The van der Waals surface area contributed by atoms with Gasteiger partial charge in [0.15, 0.2) is 0 Å². The molecule has 0 bridgehead atoms. The van der Waals surface area contributed by atoms with Gasteiger partial charge in [0.05, 0.1) is 6.54 Å². The van der Waals surface area contributed by atoms with Crippen molar-refractivity contribution in [3.8, 4) is 5.75 Å². The summed E-state index contributed by atoms with van der Waals surface area (Å²) in [5.74, 6) is 0.802. The maximum atomic E-state index is 13.0. The number of hydrogen-bond donors (Lipinski definition) is 0. The molecule has 0 radical (unpaired) electrons. The highest BCUT2D eigenvalue weighted by Crippen LogP contribution is 2.29. The van der Waals surface area contributed by atoms with Crippen LogP contribution in [0.1, 0.15) is 64.0 Å². The minimum absolute atomic E-state index is 0.231. The number of amides is 1. The summed E-state index contributed by atoms with van der Waals surface area (Å²) in [6.07, 6.45) is 5.42. The molecular weight excluding hydrogens is 442 g/mol. The van der Waals surface area contributed by atoms with E-state index in [0.717, 1.165) is 47.0 Å². The van der Waals surface area contributed by atoms with Crippen LogP contribution in [0.25, 0.3) is 0 Å². The van der Waals surface area contributed by atoms with Gasteiger partial charge in [-0.25, -0.2) is 4.79 Å². The summed E-state index contributed by atoms with van der Waals surface area (Å²) in [7, 11) is 0. The molecule has 2 aromatic rings. The Labute approximate surface area is 188 Å². The van der Waals surface area contributed by atoms with Crippen LogP contribution in [-0.2, 0) is 17.9 Å². The molecular formula is C25H32BrNO3. The van der Waals surface area contributed by atoms with Gasteiger partial charge in [0.25, 0.3) is 0 Å². The SMILES string of the molecule is CC(C)(C)OC(=O)N(Cc1ccc(OCc2ccccc2)cc1Br)C1CCCCC1. The van der Waals surface area contributed by atoms with Crippen molar-refractivity contribution < 1.29 is 14.3 Å². The summed E-state index contributed by atoms with van der Waals surface area (Å²) in [4.78, 5) is 14.9. The van der Waals surface area contributed by atoms with Gasteiger partial charge in [-0.3, -0.25) is 0 Å². The molecule has 162 valence electrons. The van der Waals surface area contributed by atoms with Crippen LogP contribution in [-0.4, -0.2) is 22.6 Å². The summed E-state index contributed by atoms with van der Waals surface area (Å²) < 4.78 is 12.6. The Morgan fingerprint density at radius 1 is 1.07 bits per heavy atom. The third kappa shape index (κ3) is 6.76. The summed E-state index contributed by atoms with van der Waals surface area (Å²) in [5.41, 5.74) is 1.68. The highest BCUT2D eigenvalue weighted by molar-refractivity contribution is 9.10. The lowest BCUT2D eigenvalue weighted by Gasteiger charge is -2.36. The van der Waals surface area contributed by atoms with Gasteiger partial charge in [-0.05, 0) is 56.9 Å². The predicted octanol–water partition coefficient (Wildman–Crippen LogP) is 7.10. The molecule has 0 N–H and O–H groups in total. The number of carbonyl (C=O) groups excluding carboxylic acids is 1. The maximum Gasteiger partial charge on any atom is 0.410 e. The molecule has 0 heterocycles. The third-order valence-corrected chi connectivity index (χ3v) is 6.00. The molecule has 30 heavy (non-hydrogen) atoms. The van der Waals surface area contributed by atoms with E-state index >= 15 is 0 Å². The Morgan fingerprint density at radius 3 is 2.40 bits per heavy atom. The van der Waals surface area contributed by atoms with Gasteiger partial charge >= 0.3 is 6.09 Å². The van der Waals surface area contributed by atoms with Crippen LogP contribution < -0.4 is 4.74 Å². The first-order valence-corrected chi connectivity index (χ1v) is 11.6. The number of carbonyl (C=O) groups is 1. The Hall–Kier alpha value is -2.01. The van der Waals surface area contributed by atoms with Crippen LogP contribution in [0.5, 0.6) is 5.75 Å². The lowest BCUT2D eigenvalue weighted by molar-refractivity contribution is 0.00984. The molecule has 0 spiro atoms. The monoisotopic (exact) mass is 473 g/mol. The number of benzene rings is 2. The van der Waals surface area contributed by atoms with E-state index in [2.05, 4.69) is 15.9 Å². The number of rotatable bonds is 6. The van der Waals surface area contributed by atoms with Crippen LogP contribution in [0, 0.1) is 0 Å². The summed E-state index contributed by atoms with van der Waals surface area (Å²) in [6.45, 7) is 6.80. The van der Waals surface area contributed by atoms with Crippen molar-refractivity contribution in [1.29, 1.82) is 0 Å². The number of hydrogen-bond acceptors (Lipinski definition) is 3. The molecule has 5 heteroatoms. The first-order valence-electron chi connectivity index (χ1n) is 10.8. The molecule has 0 aliphatic heterocycles.